The van der Waals surface area contributed by atoms with Gasteiger partial charge in [-0.15, -0.1) is 11.8 Å². The van der Waals surface area contributed by atoms with Crippen molar-refractivity contribution in [2.24, 2.45) is 11.5 Å². The summed E-state index contributed by atoms with van der Waals surface area (Å²) in [4.78, 5) is 24.2. The van der Waals surface area contributed by atoms with Gasteiger partial charge in [-0.25, -0.2) is 0 Å². The van der Waals surface area contributed by atoms with Crippen LogP contribution in [-0.2, 0) is 9.59 Å². The van der Waals surface area contributed by atoms with Crippen LogP contribution in [0.4, 0.5) is 0 Å². The van der Waals surface area contributed by atoms with Crippen LogP contribution in [0.5, 0.6) is 0 Å². The van der Waals surface area contributed by atoms with Gasteiger partial charge in [-0.1, -0.05) is 0 Å². The zero-order valence-corrected chi connectivity index (χ0v) is 8.88. The van der Waals surface area contributed by atoms with Crippen LogP contribution in [0.2, 0.25) is 0 Å². The third-order valence-electron chi connectivity index (χ3n) is 2.75. The molecule has 5 nitrogen and oxygen atoms in total. The smallest absolute Gasteiger partial charge is 0.244 e. The van der Waals surface area contributed by atoms with Crippen LogP contribution in [0.15, 0.2) is 0 Å². The molecular formula is C8H13N3O2S. The highest BCUT2D eigenvalue weighted by Crippen LogP contribution is 2.49. The Labute approximate surface area is 86.2 Å². The number of primary amides is 1. The van der Waals surface area contributed by atoms with Crippen molar-refractivity contribution in [1.82, 2.24) is 4.90 Å². The molecule has 0 aromatic carbocycles. The minimum absolute atomic E-state index is 0.0741. The summed E-state index contributed by atoms with van der Waals surface area (Å²) in [6, 6.07) is -0.992. The predicted molar refractivity (Wildman–Crippen MR) is 53.3 cm³/mol. The van der Waals surface area contributed by atoms with Crippen molar-refractivity contribution in [3.63, 3.8) is 0 Å². The van der Waals surface area contributed by atoms with E-state index in [9.17, 15) is 9.59 Å². The van der Waals surface area contributed by atoms with Gasteiger partial charge in [-0.3, -0.25) is 9.59 Å². The van der Waals surface area contributed by atoms with E-state index in [1.54, 1.807) is 11.8 Å². The summed E-state index contributed by atoms with van der Waals surface area (Å²) in [5.74, 6) is -0.623. The number of hydrogen-bond acceptors (Lipinski definition) is 4. The molecule has 0 aromatic heterocycles. The van der Waals surface area contributed by atoms with E-state index in [1.165, 1.54) is 4.90 Å². The summed E-state index contributed by atoms with van der Waals surface area (Å²) < 4.78 is -0.333. The maximum atomic E-state index is 11.4. The predicted octanol–water partition coefficient (Wildman–Crippen LogP) is -1.14. The van der Waals surface area contributed by atoms with Crippen molar-refractivity contribution in [3.8, 4) is 0 Å². The Hall–Kier alpha value is -0.750. The van der Waals surface area contributed by atoms with Crippen LogP contribution in [0.3, 0.4) is 0 Å². The Kier molecular flexibility index (Phi) is 1.84. The molecule has 0 radical (unpaired) electrons. The minimum atomic E-state index is -0.523. The van der Waals surface area contributed by atoms with Crippen molar-refractivity contribution in [3.05, 3.63) is 0 Å². The minimum Gasteiger partial charge on any atom is -0.368 e. The fourth-order valence-corrected chi connectivity index (χ4v) is 3.69. The van der Waals surface area contributed by atoms with Crippen molar-refractivity contribution in [2.45, 2.75) is 36.1 Å². The number of rotatable bonds is 1. The lowest BCUT2D eigenvalue weighted by Crippen LogP contribution is -2.69. The number of nitrogens with zero attached hydrogens (tertiary/aromatic N) is 1. The number of nitrogens with two attached hydrogens (primary N) is 2. The monoisotopic (exact) mass is 215 g/mol. The second kappa shape index (κ2) is 2.64. The molecule has 14 heavy (non-hydrogen) atoms. The molecule has 2 unspecified atom stereocenters. The molecule has 2 aliphatic heterocycles. The highest BCUT2D eigenvalue weighted by Gasteiger charge is 2.61. The van der Waals surface area contributed by atoms with Crippen LogP contribution in [0.1, 0.15) is 13.8 Å². The molecule has 0 aromatic rings. The van der Waals surface area contributed by atoms with Gasteiger partial charge in [0.15, 0.2) is 0 Å². The summed E-state index contributed by atoms with van der Waals surface area (Å²) in [6.45, 7) is 3.82. The molecular weight excluding hydrogens is 202 g/mol. The quantitative estimate of drug-likeness (QED) is 0.541. The number of thioether (sulfide) groups is 1. The molecule has 4 N–H and O–H groups in total. The normalized spacial score (nSPS) is 39.2. The van der Waals surface area contributed by atoms with Gasteiger partial charge in [0.2, 0.25) is 11.8 Å². The van der Waals surface area contributed by atoms with E-state index in [1.807, 2.05) is 13.8 Å². The molecule has 2 amide bonds. The average Bonchev–Trinajstić information content (AvgIpc) is 2.34. The molecule has 3 atom stereocenters. The first-order valence-electron chi connectivity index (χ1n) is 4.41. The summed E-state index contributed by atoms with van der Waals surface area (Å²) >= 11 is 1.55. The van der Waals surface area contributed by atoms with Gasteiger partial charge < -0.3 is 16.4 Å². The number of carbonyl (C=O) groups excluding carboxylic acids is 2. The fourth-order valence-electron chi connectivity index (χ4n) is 2.10. The van der Waals surface area contributed by atoms with Gasteiger partial charge in [0.25, 0.3) is 0 Å². The van der Waals surface area contributed by atoms with Gasteiger partial charge in [-0.05, 0) is 13.8 Å². The number of amides is 2. The molecule has 78 valence electrons. The summed E-state index contributed by atoms with van der Waals surface area (Å²) in [5, 5.41) is -0.0741. The zero-order valence-electron chi connectivity index (χ0n) is 8.06. The molecule has 2 fully saturated rings. The topological polar surface area (TPSA) is 89.4 Å². The van der Waals surface area contributed by atoms with Crippen LogP contribution >= 0.6 is 11.8 Å². The summed E-state index contributed by atoms with van der Waals surface area (Å²) in [5.41, 5.74) is 10.9. The van der Waals surface area contributed by atoms with Crippen LogP contribution in [0.25, 0.3) is 0 Å². The van der Waals surface area contributed by atoms with Crippen molar-refractivity contribution in [2.75, 3.05) is 0 Å². The van der Waals surface area contributed by atoms with E-state index >= 15 is 0 Å². The Morgan fingerprint density at radius 3 is 2.64 bits per heavy atom. The standard InChI is InChI=1S/C8H13N3O2S/c1-8(2)4(5(10)12)11-6(13)3(9)7(11)14-8/h3-4,7H,9H2,1-2H3,(H2,10,12)/t3?,4?,7-/m1/s1. The Bertz CT molecular complexity index is 318. The molecule has 2 heterocycles. The van der Waals surface area contributed by atoms with E-state index in [2.05, 4.69) is 0 Å². The third kappa shape index (κ3) is 1.01. The van der Waals surface area contributed by atoms with E-state index in [0.717, 1.165) is 0 Å². The average molecular weight is 215 g/mol. The molecule has 0 bridgehead atoms. The first-order chi connectivity index (χ1) is 6.36. The van der Waals surface area contributed by atoms with Gasteiger partial charge in [-0.2, -0.15) is 0 Å². The highest BCUT2D eigenvalue weighted by molar-refractivity contribution is 8.01. The van der Waals surface area contributed by atoms with Gasteiger partial charge in [0.05, 0.1) is 0 Å². The number of β-lactam (4-membered cyclic amide) rings is 1. The molecule has 0 saturated carbocycles. The Morgan fingerprint density at radius 1 is 1.57 bits per heavy atom. The van der Waals surface area contributed by atoms with E-state index < -0.39 is 18.0 Å². The largest absolute Gasteiger partial charge is 0.368 e. The molecule has 0 spiro atoms. The van der Waals surface area contributed by atoms with E-state index in [0.29, 0.717) is 0 Å². The molecule has 2 rings (SSSR count). The summed E-state index contributed by atoms with van der Waals surface area (Å²) in [6.07, 6.45) is 0. The fraction of sp³-hybridized carbons (Fsp3) is 0.750. The molecule has 0 aliphatic carbocycles. The van der Waals surface area contributed by atoms with E-state index in [4.69, 9.17) is 11.5 Å². The SMILES string of the molecule is CC1(C)S[C@@H]2C(N)C(=O)N2C1C(N)=O. The van der Waals surface area contributed by atoms with E-state index in [-0.39, 0.29) is 16.0 Å². The van der Waals surface area contributed by atoms with Gasteiger partial charge >= 0.3 is 0 Å². The van der Waals surface area contributed by atoms with Crippen LogP contribution < -0.4 is 11.5 Å². The molecule has 2 saturated heterocycles. The Balaban J connectivity index is 2.32. The zero-order chi connectivity index (χ0) is 10.7. The number of fused-ring (bicyclic) bond motifs is 1. The van der Waals surface area contributed by atoms with Gasteiger partial charge in [0, 0.05) is 4.75 Å². The van der Waals surface area contributed by atoms with Crippen molar-refractivity contribution >= 4 is 23.6 Å². The Morgan fingerprint density at radius 2 is 2.14 bits per heavy atom. The maximum absolute atomic E-state index is 11.4. The van der Waals surface area contributed by atoms with Crippen LogP contribution in [-0.4, -0.2) is 38.9 Å². The third-order valence-corrected chi connectivity index (χ3v) is 4.34. The summed E-state index contributed by atoms with van der Waals surface area (Å²) in [7, 11) is 0. The first-order valence-corrected chi connectivity index (χ1v) is 5.29. The first kappa shape index (κ1) is 9.79. The molecule has 2 aliphatic rings. The van der Waals surface area contributed by atoms with Crippen LogP contribution in [0, 0.1) is 0 Å². The van der Waals surface area contributed by atoms with Crippen molar-refractivity contribution in [1.29, 1.82) is 0 Å². The number of hydrogen-bond donors (Lipinski definition) is 2. The second-order valence-corrected chi connectivity index (χ2v) is 5.96. The number of carbonyl (C=O) groups is 2. The van der Waals surface area contributed by atoms with Gasteiger partial charge in [0.1, 0.15) is 17.5 Å². The lowest BCUT2D eigenvalue weighted by Gasteiger charge is -2.41. The lowest BCUT2D eigenvalue weighted by atomic mass is 9.96. The maximum Gasteiger partial charge on any atom is 0.244 e. The molecule has 6 heteroatoms. The second-order valence-electron chi connectivity index (χ2n) is 4.19. The van der Waals surface area contributed by atoms with Crippen molar-refractivity contribution < 1.29 is 9.59 Å². The lowest BCUT2D eigenvalue weighted by molar-refractivity contribution is -0.151. The highest BCUT2D eigenvalue weighted by atomic mass is 32.2.